The van der Waals surface area contributed by atoms with Crippen LogP contribution in [0.15, 0.2) is 0 Å². The second-order valence-electron chi connectivity index (χ2n) is 14.5. The fourth-order valence-electron chi connectivity index (χ4n) is 8.98. The van der Waals surface area contributed by atoms with E-state index in [-0.39, 0.29) is 13.3 Å². The van der Waals surface area contributed by atoms with Crippen LogP contribution in [0.2, 0.25) is 0 Å². The van der Waals surface area contributed by atoms with E-state index in [0.29, 0.717) is 0 Å². The fraction of sp³-hybridized carbons (Fsp3) is 1.00. The van der Waals surface area contributed by atoms with E-state index in [1.807, 2.05) is 0 Å². The minimum atomic E-state index is -0.127. The number of alkyl halides is 2. The van der Waals surface area contributed by atoms with E-state index in [2.05, 4.69) is 0 Å². The maximum atomic E-state index is 12.2. The lowest BCUT2D eigenvalue weighted by Gasteiger charge is -2.41. The molecule has 3 fully saturated rings. The van der Waals surface area contributed by atoms with Crippen molar-refractivity contribution >= 4 is 0 Å². The Morgan fingerprint density at radius 2 is 0.513 bits per heavy atom. The summed E-state index contributed by atoms with van der Waals surface area (Å²) in [7, 11) is 0. The van der Waals surface area contributed by atoms with E-state index in [1.165, 1.54) is 135 Å². The molecule has 230 valence electrons. The fourth-order valence-corrected chi connectivity index (χ4v) is 8.98. The standard InChI is InChI=1S/C37H68F2/c38-30-14-10-6-2-1-4-8-12-16-32-18-22-34(23-19-32)36-26-28-37(29-27-36)35-24-20-33(21-25-35)17-13-9-5-3-7-11-15-31-39/h32-37H,1-31H2. The van der Waals surface area contributed by atoms with Gasteiger partial charge in [-0.2, -0.15) is 0 Å². The van der Waals surface area contributed by atoms with Gasteiger partial charge in [0.2, 0.25) is 0 Å². The molecular formula is C37H68F2. The maximum absolute atomic E-state index is 12.2. The Morgan fingerprint density at radius 1 is 0.282 bits per heavy atom. The Morgan fingerprint density at radius 3 is 0.795 bits per heavy atom. The molecule has 0 aromatic carbocycles. The summed E-state index contributed by atoms with van der Waals surface area (Å²) in [5.74, 6) is 6.30. The molecular weight excluding hydrogens is 482 g/mol. The smallest absolute Gasteiger partial charge is 0.0894 e. The molecule has 3 aliphatic carbocycles. The zero-order chi connectivity index (χ0) is 27.4. The van der Waals surface area contributed by atoms with E-state index < -0.39 is 0 Å². The minimum Gasteiger partial charge on any atom is -0.251 e. The summed E-state index contributed by atoms with van der Waals surface area (Å²) in [6.45, 7) is -0.253. The van der Waals surface area contributed by atoms with E-state index in [1.54, 1.807) is 25.7 Å². The molecule has 0 saturated heterocycles. The van der Waals surface area contributed by atoms with E-state index in [4.69, 9.17) is 0 Å². The van der Waals surface area contributed by atoms with Gasteiger partial charge in [-0.25, -0.2) is 0 Å². The minimum absolute atomic E-state index is 0.126. The van der Waals surface area contributed by atoms with Crippen molar-refractivity contribution in [2.45, 2.75) is 186 Å². The predicted octanol–water partition coefficient (Wildman–Crippen LogP) is 13.0. The molecule has 0 radical (unpaired) electrons. The van der Waals surface area contributed by atoms with Crippen molar-refractivity contribution in [1.29, 1.82) is 0 Å². The third kappa shape index (κ3) is 14.1. The van der Waals surface area contributed by atoms with E-state index >= 15 is 0 Å². The molecule has 0 heterocycles. The highest BCUT2D eigenvalue weighted by Gasteiger charge is 2.34. The molecule has 0 aromatic heterocycles. The summed E-state index contributed by atoms with van der Waals surface area (Å²) in [5, 5.41) is 0. The van der Waals surface area contributed by atoms with Gasteiger partial charge in [0.15, 0.2) is 0 Å². The first-order valence-corrected chi connectivity index (χ1v) is 18.4. The van der Waals surface area contributed by atoms with Crippen LogP contribution in [0.3, 0.4) is 0 Å². The van der Waals surface area contributed by atoms with Gasteiger partial charge >= 0.3 is 0 Å². The van der Waals surface area contributed by atoms with Crippen molar-refractivity contribution in [2.75, 3.05) is 13.3 Å². The monoisotopic (exact) mass is 551 g/mol. The maximum Gasteiger partial charge on any atom is 0.0894 e. The van der Waals surface area contributed by atoms with Crippen LogP contribution in [0.5, 0.6) is 0 Å². The molecule has 0 unspecified atom stereocenters. The van der Waals surface area contributed by atoms with Crippen molar-refractivity contribution in [2.24, 2.45) is 35.5 Å². The lowest BCUT2D eigenvalue weighted by atomic mass is 9.64. The van der Waals surface area contributed by atoms with Crippen molar-refractivity contribution in [3.8, 4) is 0 Å². The molecule has 2 heteroatoms. The van der Waals surface area contributed by atoms with Crippen molar-refractivity contribution in [1.82, 2.24) is 0 Å². The van der Waals surface area contributed by atoms with E-state index in [9.17, 15) is 8.78 Å². The normalized spacial score (nSPS) is 30.0. The van der Waals surface area contributed by atoms with Gasteiger partial charge in [0.1, 0.15) is 0 Å². The van der Waals surface area contributed by atoms with Crippen molar-refractivity contribution < 1.29 is 8.78 Å². The average molecular weight is 551 g/mol. The van der Waals surface area contributed by atoms with Gasteiger partial charge < -0.3 is 0 Å². The molecule has 0 aromatic rings. The second-order valence-corrected chi connectivity index (χ2v) is 14.5. The Hall–Kier alpha value is -0.140. The molecule has 0 aliphatic heterocycles. The first-order valence-electron chi connectivity index (χ1n) is 18.4. The van der Waals surface area contributed by atoms with Crippen LogP contribution < -0.4 is 0 Å². The van der Waals surface area contributed by atoms with Crippen molar-refractivity contribution in [3.63, 3.8) is 0 Å². The molecule has 0 atom stereocenters. The highest BCUT2D eigenvalue weighted by Crippen LogP contribution is 2.46. The van der Waals surface area contributed by atoms with Gasteiger partial charge in [-0.05, 0) is 99.7 Å². The van der Waals surface area contributed by atoms with Crippen LogP contribution in [0.4, 0.5) is 8.78 Å². The zero-order valence-electron chi connectivity index (χ0n) is 26.1. The molecule has 0 spiro atoms. The quantitative estimate of drug-likeness (QED) is 0.125. The largest absolute Gasteiger partial charge is 0.251 e. The molecule has 3 rings (SSSR count). The molecule has 0 bridgehead atoms. The Kier molecular flexibility index (Phi) is 18.4. The number of hydrogen-bond acceptors (Lipinski definition) is 0. The van der Waals surface area contributed by atoms with Gasteiger partial charge in [-0.3, -0.25) is 8.78 Å². The van der Waals surface area contributed by atoms with E-state index in [0.717, 1.165) is 61.2 Å². The highest BCUT2D eigenvalue weighted by molar-refractivity contribution is 4.86. The van der Waals surface area contributed by atoms with Crippen LogP contribution in [0, 0.1) is 35.5 Å². The summed E-state index contributed by atoms with van der Waals surface area (Å²) < 4.78 is 24.3. The molecule has 39 heavy (non-hydrogen) atoms. The zero-order valence-corrected chi connectivity index (χ0v) is 26.1. The SMILES string of the molecule is FCCCCCCCCCCC1CCC(C2CCC(C3CCC(CCCCCCCCCF)CC3)CC2)CC1. The number of unbranched alkanes of at least 4 members (excludes halogenated alkanes) is 13. The van der Waals surface area contributed by atoms with Crippen LogP contribution in [-0.4, -0.2) is 13.3 Å². The summed E-state index contributed by atoms with van der Waals surface area (Å²) in [6, 6.07) is 0. The first-order chi connectivity index (χ1) is 19.3. The first kappa shape index (κ1) is 33.4. The highest BCUT2D eigenvalue weighted by atomic mass is 19.1. The van der Waals surface area contributed by atoms with Crippen LogP contribution in [0.1, 0.15) is 186 Å². The van der Waals surface area contributed by atoms with Gasteiger partial charge in [-0.15, -0.1) is 0 Å². The predicted molar refractivity (Wildman–Crippen MR) is 167 cm³/mol. The van der Waals surface area contributed by atoms with Crippen LogP contribution >= 0.6 is 0 Å². The third-order valence-electron chi connectivity index (χ3n) is 11.7. The molecule has 0 N–H and O–H groups in total. The van der Waals surface area contributed by atoms with Crippen LogP contribution in [-0.2, 0) is 0 Å². The number of hydrogen-bond donors (Lipinski definition) is 0. The summed E-state index contributed by atoms with van der Waals surface area (Å²) in [4.78, 5) is 0. The Bertz CT molecular complexity index is 538. The summed E-state index contributed by atoms with van der Waals surface area (Å²) in [6.07, 6.45) is 40.2. The lowest BCUT2D eigenvalue weighted by molar-refractivity contribution is 0.102. The molecule has 0 nitrogen and oxygen atoms in total. The number of rotatable bonds is 21. The topological polar surface area (TPSA) is 0 Å². The summed E-state index contributed by atoms with van der Waals surface area (Å²) >= 11 is 0. The van der Waals surface area contributed by atoms with Crippen molar-refractivity contribution in [3.05, 3.63) is 0 Å². The van der Waals surface area contributed by atoms with Gasteiger partial charge in [0.05, 0.1) is 13.3 Å². The van der Waals surface area contributed by atoms with Gasteiger partial charge in [-0.1, -0.05) is 122 Å². The number of halogens is 2. The molecule has 3 aliphatic rings. The van der Waals surface area contributed by atoms with Gasteiger partial charge in [0, 0.05) is 0 Å². The average Bonchev–Trinajstić information content (AvgIpc) is 2.98. The van der Waals surface area contributed by atoms with Crippen LogP contribution in [0.25, 0.3) is 0 Å². The summed E-state index contributed by atoms with van der Waals surface area (Å²) in [5.41, 5.74) is 0. The van der Waals surface area contributed by atoms with Gasteiger partial charge in [0.25, 0.3) is 0 Å². The Labute approximate surface area is 243 Å². The molecule has 3 saturated carbocycles. The lowest BCUT2D eigenvalue weighted by Crippen LogP contribution is -2.29. The second kappa shape index (κ2) is 21.5. The Balaban J connectivity index is 1.15. The third-order valence-corrected chi connectivity index (χ3v) is 11.7. The molecule has 0 amide bonds.